The molecular formula is C16H20N2OS. The lowest BCUT2D eigenvalue weighted by atomic mass is 9.98. The molecule has 0 saturated carbocycles. The first-order chi connectivity index (χ1) is 9.81. The third-order valence-electron chi connectivity index (χ3n) is 3.72. The third-order valence-corrected chi connectivity index (χ3v) is 4.59. The minimum atomic E-state index is 0.191. The van der Waals surface area contributed by atoms with Crippen molar-refractivity contribution < 1.29 is 4.74 Å². The number of rotatable bonds is 5. The fourth-order valence-corrected chi connectivity index (χ4v) is 3.55. The topological polar surface area (TPSA) is 48.1 Å². The van der Waals surface area contributed by atoms with E-state index in [-0.39, 0.29) is 6.04 Å². The molecule has 1 aliphatic heterocycles. The molecule has 1 saturated heterocycles. The summed E-state index contributed by atoms with van der Waals surface area (Å²) >= 11 is 1.71. The van der Waals surface area contributed by atoms with Crippen molar-refractivity contribution in [2.24, 2.45) is 11.7 Å². The van der Waals surface area contributed by atoms with Gasteiger partial charge in [-0.05, 0) is 18.8 Å². The van der Waals surface area contributed by atoms with Crippen LogP contribution in [0.3, 0.4) is 0 Å². The smallest absolute Gasteiger partial charge is 0.0948 e. The van der Waals surface area contributed by atoms with E-state index in [2.05, 4.69) is 17.5 Å². The van der Waals surface area contributed by atoms with Crippen LogP contribution in [0.4, 0.5) is 0 Å². The van der Waals surface area contributed by atoms with Crippen molar-refractivity contribution in [3.05, 3.63) is 40.7 Å². The Morgan fingerprint density at radius 3 is 2.95 bits per heavy atom. The average molecular weight is 288 g/mol. The quantitative estimate of drug-likeness (QED) is 0.919. The van der Waals surface area contributed by atoms with Gasteiger partial charge in [0.05, 0.1) is 10.7 Å². The van der Waals surface area contributed by atoms with Gasteiger partial charge in [-0.25, -0.2) is 4.98 Å². The molecular weight excluding hydrogens is 268 g/mol. The van der Waals surface area contributed by atoms with Crippen LogP contribution >= 0.6 is 11.3 Å². The minimum Gasteiger partial charge on any atom is -0.381 e. The molecule has 0 spiro atoms. The highest BCUT2D eigenvalue weighted by atomic mass is 32.1. The van der Waals surface area contributed by atoms with Crippen LogP contribution in [0.25, 0.3) is 11.3 Å². The Morgan fingerprint density at radius 2 is 2.20 bits per heavy atom. The minimum absolute atomic E-state index is 0.191. The molecule has 106 valence electrons. The molecule has 0 aliphatic carbocycles. The predicted molar refractivity (Wildman–Crippen MR) is 82.8 cm³/mol. The first-order valence-electron chi connectivity index (χ1n) is 7.14. The summed E-state index contributed by atoms with van der Waals surface area (Å²) in [5.74, 6) is 0.638. The monoisotopic (exact) mass is 288 g/mol. The second kappa shape index (κ2) is 6.48. The van der Waals surface area contributed by atoms with Crippen LogP contribution < -0.4 is 5.73 Å². The molecule has 0 bridgehead atoms. The molecule has 4 heteroatoms. The van der Waals surface area contributed by atoms with E-state index in [0.29, 0.717) is 5.92 Å². The van der Waals surface area contributed by atoms with Crippen molar-refractivity contribution in [2.45, 2.75) is 25.3 Å². The van der Waals surface area contributed by atoms with Gasteiger partial charge < -0.3 is 10.5 Å². The first-order valence-corrected chi connectivity index (χ1v) is 8.02. The van der Waals surface area contributed by atoms with Crippen molar-refractivity contribution >= 4 is 11.3 Å². The Kier molecular flexibility index (Phi) is 4.45. The lowest BCUT2D eigenvalue weighted by Gasteiger charge is -2.13. The van der Waals surface area contributed by atoms with Crippen molar-refractivity contribution in [3.63, 3.8) is 0 Å². The summed E-state index contributed by atoms with van der Waals surface area (Å²) in [6, 6.07) is 10.5. The zero-order valence-corrected chi connectivity index (χ0v) is 12.3. The highest BCUT2D eigenvalue weighted by Crippen LogP contribution is 2.24. The number of nitrogens with zero attached hydrogens (tertiary/aromatic N) is 1. The standard InChI is InChI=1S/C16H20N2OS/c17-14(8-12-6-7-19-10-12)9-16-18-15(11-20-16)13-4-2-1-3-5-13/h1-5,11-12,14H,6-10,17H2. The van der Waals surface area contributed by atoms with Crippen LogP contribution in [0.5, 0.6) is 0 Å². The number of ether oxygens (including phenoxy) is 1. The van der Waals surface area contributed by atoms with E-state index in [0.717, 1.165) is 43.2 Å². The fraction of sp³-hybridized carbons (Fsp3) is 0.438. The Labute approximate surface area is 123 Å². The summed E-state index contributed by atoms with van der Waals surface area (Å²) in [7, 11) is 0. The molecule has 3 rings (SSSR count). The molecule has 2 aromatic rings. The summed E-state index contributed by atoms with van der Waals surface area (Å²) in [5, 5.41) is 3.26. The molecule has 1 aromatic carbocycles. The Bertz CT molecular complexity index is 534. The zero-order chi connectivity index (χ0) is 13.8. The fourth-order valence-electron chi connectivity index (χ4n) is 2.65. The van der Waals surface area contributed by atoms with E-state index >= 15 is 0 Å². The molecule has 1 fully saturated rings. The number of thiazole rings is 1. The lowest BCUT2D eigenvalue weighted by Crippen LogP contribution is -2.26. The van der Waals surface area contributed by atoms with Gasteiger partial charge in [0.15, 0.2) is 0 Å². The second-order valence-electron chi connectivity index (χ2n) is 5.42. The van der Waals surface area contributed by atoms with Crippen molar-refractivity contribution in [1.82, 2.24) is 4.98 Å². The average Bonchev–Trinajstić information content (AvgIpc) is 3.11. The van der Waals surface area contributed by atoms with E-state index in [1.54, 1.807) is 11.3 Å². The van der Waals surface area contributed by atoms with Crippen LogP contribution in [-0.2, 0) is 11.2 Å². The first kappa shape index (κ1) is 13.7. The van der Waals surface area contributed by atoms with E-state index < -0.39 is 0 Å². The predicted octanol–water partition coefficient (Wildman–Crippen LogP) is 3.11. The Morgan fingerprint density at radius 1 is 1.35 bits per heavy atom. The summed E-state index contributed by atoms with van der Waals surface area (Å²) in [5.41, 5.74) is 8.48. The molecule has 20 heavy (non-hydrogen) atoms. The van der Waals surface area contributed by atoms with Gasteiger partial charge in [-0.1, -0.05) is 30.3 Å². The SMILES string of the molecule is NC(Cc1nc(-c2ccccc2)cs1)CC1CCOC1. The maximum atomic E-state index is 6.24. The summed E-state index contributed by atoms with van der Waals surface area (Å²) in [4.78, 5) is 4.70. The van der Waals surface area contributed by atoms with Gasteiger partial charge in [-0.2, -0.15) is 0 Å². The second-order valence-corrected chi connectivity index (χ2v) is 6.36. The summed E-state index contributed by atoms with van der Waals surface area (Å²) < 4.78 is 5.40. The van der Waals surface area contributed by atoms with Crippen LogP contribution in [0.1, 0.15) is 17.8 Å². The third kappa shape index (κ3) is 3.45. The van der Waals surface area contributed by atoms with Crippen LogP contribution in [0.2, 0.25) is 0 Å². The molecule has 2 atom stereocenters. The number of hydrogen-bond donors (Lipinski definition) is 1. The summed E-state index contributed by atoms with van der Waals surface area (Å²) in [6.45, 7) is 1.77. The molecule has 0 amide bonds. The molecule has 2 N–H and O–H groups in total. The molecule has 3 nitrogen and oxygen atoms in total. The molecule has 1 aliphatic rings. The summed E-state index contributed by atoms with van der Waals surface area (Å²) in [6.07, 6.45) is 3.06. The Balaban J connectivity index is 1.59. The van der Waals surface area contributed by atoms with Gasteiger partial charge in [0.1, 0.15) is 0 Å². The molecule has 2 unspecified atom stereocenters. The van der Waals surface area contributed by atoms with Crippen molar-refractivity contribution in [3.8, 4) is 11.3 Å². The van der Waals surface area contributed by atoms with Gasteiger partial charge in [-0.15, -0.1) is 11.3 Å². The van der Waals surface area contributed by atoms with Gasteiger partial charge in [0, 0.05) is 36.6 Å². The number of aromatic nitrogens is 1. The number of nitrogens with two attached hydrogens (primary N) is 1. The van der Waals surface area contributed by atoms with E-state index in [1.807, 2.05) is 18.2 Å². The number of hydrogen-bond acceptors (Lipinski definition) is 4. The van der Waals surface area contributed by atoms with Gasteiger partial charge >= 0.3 is 0 Å². The molecule has 2 heterocycles. The zero-order valence-electron chi connectivity index (χ0n) is 11.5. The number of benzene rings is 1. The molecule has 0 radical (unpaired) electrons. The maximum Gasteiger partial charge on any atom is 0.0948 e. The highest BCUT2D eigenvalue weighted by molar-refractivity contribution is 7.09. The van der Waals surface area contributed by atoms with Crippen LogP contribution in [0, 0.1) is 5.92 Å². The maximum absolute atomic E-state index is 6.24. The van der Waals surface area contributed by atoms with Gasteiger partial charge in [-0.3, -0.25) is 0 Å². The van der Waals surface area contributed by atoms with Crippen molar-refractivity contribution in [2.75, 3.05) is 13.2 Å². The van der Waals surface area contributed by atoms with E-state index in [4.69, 9.17) is 15.5 Å². The van der Waals surface area contributed by atoms with E-state index in [1.165, 1.54) is 5.56 Å². The van der Waals surface area contributed by atoms with Crippen LogP contribution in [-0.4, -0.2) is 24.2 Å². The largest absolute Gasteiger partial charge is 0.381 e. The highest BCUT2D eigenvalue weighted by Gasteiger charge is 2.19. The normalized spacial score (nSPS) is 20.1. The van der Waals surface area contributed by atoms with Crippen molar-refractivity contribution in [1.29, 1.82) is 0 Å². The molecule has 1 aromatic heterocycles. The lowest BCUT2D eigenvalue weighted by molar-refractivity contribution is 0.182. The van der Waals surface area contributed by atoms with E-state index in [9.17, 15) is 0 Å². The Hall–Kier alpha value is -1.23. The van der Waals surface area contributed by atoms with Gasteiger partial charge in [0.25, 0.3) is 0 Å². The van der Waals surface area contributed by atoms with Crippen LogP contribution in [0.15, 0.2) is 35.7 Å². The van der Waals surface area contributed by atoms with Gasteiger partial charge in [0.2, 0.25) is 0 Å².